The zero-order chi connectivity index (χ0) is 24.6. The first-order chi connectivity index (χ1) is 16.8. The number of nitrogens with zero attached hydrogens (tertiary/aromatic N) is 8. The van der Waals surface area contributed by atoms with E-state index in [0.717, 1.165) is 35.6 Å². The van der Waals surface area contributed by atoms with Crippen LogP contribution in [0, 0.1) is 6.92 Å². The van der Waals surface area contributed by atoms with Crippen molar-refractivity contribution in [1.29, 1.82) is 0 Å². The lowest BCUT2D eigenvalue weighted by molar-refractivity contribution is 0.400. The van der Waals surface area contributed by atoms with Crippen LogP contribution in [0.1, 0.15) is 32.2 Å². The zero-order valence-electron chi connectivity index (χ0n) is 20.1. The van der Waals surface area contributed by atoms with Gasteiger partial charge in [0.05, 0.1) is 29.0 Å². The topological polar surface area (TPSA) is 97.0 Å². The average Bonchev–Trinajstić information content (AvgIpc) is 3.17. The second kappa shape index (κ2) is 9.07. The maximum absolute atomic E-state index is 6.50. The Morgan fingerprint density at radius 2 is 1.91 bits per heavy atom. The van der Waals surface area contributed by atoms with Crippen molar-refractivity contribution in [3.8, 4) is 11.3 Å². The average molecular weight is 488 g/mol. The van der Waals surface area contributed by atoms with Crippen molar-refractivity contribution in [2.75, 3.05) is 11.9 Å². The van der Waals surface area contributed by atoms with Crippen molar-refractivity contribution in [2.45, 2.75) is 39.8 Å². The Morgan fingerprint density at radius 3 is 2.63 bits per heavy atom. The van der Waals surface area contributed by atoms with E-state index in [1.54, 1.807) is 18.6 Å². The van der Waals surface area contributed by atoms with Gasteiger partial charge in [0, 0.05) is 48.7 Å². The minimum absolute atomic E-state index is 0.142. The molecule has 10 heteroatoms. The maximum Gasteiger partial charge on any atom is 0.228 e. The van der Waals surface area contributed by atoms with Gasteiger partial charge in [0.15, 0.2) is 5.65 Å². The lowest BCUT2D eigenvalue weighted by Crippen LogP contribution is -2.22. The monoisotopic (exact) mass is 487 g/mol. The van der Waals surface area contributed by atoms with Crippen LogP contribution in [0.4, 0.5) is 11.8 Å². The summed E-state index contributed by atoms with van der Waals surface area (Å²) < 4.78 is 2.17. The first-order valence-electron chi connectivity index (χ1n) is 11.3. The van der Waals surface area contributed by atoms with Crippen LogP contribution in [-0.2, 0) is 12.1 Å². The molecule has 4 aromatic heterocycles. The number of aliphatic imine (C=N–C) groups is 1. The molecule has 0 spiro atoms. The summed E-state index contributed by atoms with van der Waals surface area (Å²) in [6.07, 6.45) is 10.8. The van der Waals surface area contributed by atoms with Gasteiger partial charge < -0.3 is 14.8 Å². The number of aromatic nitrogens is 6. The number of nitrogens with one attached hydrogen (secondary N) is 1. The third-order valence-electron chi connectivity index (χ3n) is 5.60. The quantitative estimate of drug-likeness (QED) is 0.418. The highest BCUT2D eigenvalue weighted by Gasteiger charge is 2.21. The van der Waals surface area contributed by atoms with E-state index in [2.05, 4.69) is 65.5 Å². The first-order valence-corrected chi connectivity index (χ1v) is 11.7. The molecule has 0 bridgehead atoms. The molecule has 0 aliphatic carbocycles. The van der Waals surface area contributed by atoms with Crippen LogP contribution in [-0.4, -0.2) is 47.1 Å². The minimum atomic E-state index is -0.142. The van der Waals surface area contributed by atoms with Crippen molar-refractivity contribution in [3.63, 3.8) is 0 Å². The molecular formula is C25H26ClN9. The predicted molar refractivity (Wildman–Crippen MR) is 139 cm³/mol. The number of imidazole rings is 1. The highest BCUT2D eigenvalue weighted by Crippen LogP contribution is 2.31. The molecule has 0 saturated carbocycles. The van der Waals surface area contributed by atoms with E-state index in [-0.39, 0.29) is 5.54 Å². The maximum atomic E-state index is 6.50. The molecule has 0 aromatic carbocycles. The Bertz CT molecular complexity index is 1430. The van der Waals surface area contributed by atoms with E-state index < -0.39 is 0 Å². The van der Waals surface area contributed by atoms with Gasteiger partial charge >= 0.3 is 0 Å². The molecular weight excluding hydrogens is 462 g/mol. The third kappa shape index (κ3) is 4.85. The Kier molecular flexibility index (Phi) is 5.94. The molecule has 0 atom stereocenters. The third-order valence-corrected chi connectivity index (χ3v) is 5.88. The van der Waals surface area contributed by atoms with Gasteiger partial charge in [0.2, 0.25) is 5.95 Å². The highest BCUT2D eigenvalue weighted by atomic mass is 35.5. The normalized spacial score (nSPS) is 13.6. The van der Waals surface area contributed by atoms with Crippen molar-refractivity contribution >= 4 is 40.7 Å². The molecule has 5 rings (SSSR count). The van der Waals surface area contributed by atoms with E-state index in [4.69, 9.17) is 11.6 Å². The second-order valence-electron chi connectivity index (χ2n) is 9.36. The number of hydrogen-bond acceptors (Lipinski definition) is 8. The first kappa shape index (κ1) is 22.9. The van der Waals surface area contributed by atoms with Crippen molar-refractivity contribution in [1.82, 2.24) is 34.4 Å². The molecule has 0 radical (unpaired) electrons. The number of fused-ring (bicyclic) bond motifs is 1. The van der Waals surface area contributed by atoms with Gasteiger partial charge in [0.25, 0.3) is 0 Å². The van der Waals surface area contributed by atoms with Crippen LogP contribution in [0.15, 0.2) is 54.2 Å². The van der Waals surface area contributed by atoms with E-state index >= 15 is 0 Å². The molecule has 1 aliphatic rings. The van der Waals surface area contributed by atoms with Gasteiger partial charge in [-0.25, -0.2) is 24.9 Å². The highest BCUT2D eigenvalue weighted by molar-refractivity contribution is 6.33. The van der Waals surface area contributed by atoms with Gasteiger partial charge in [-0.1, -0.05) is 17.7 Å². The van der Waals surface area contributed by atoms with Crippen molar-refractivity contribution < 1.29 is 0 Å². The van der Waals surface area contributed by atoms with Gasteiger partial charge in [-0.15, -0.1) is 0 Å². The van der Waals surface area contributed by atoms with Gasteiger partial charge in [-0.3, -0.25) is 4.99 Å². The van der Waals surface area contributed by atoms with Crippen LogP contribution in [0.5, 0.6) is 0 Å². The standard InChI is InChI=1S/C25H26ClN9/c1-16-31-23-20(35(16)25(2,3)4)11-18(13-29-23)22-19(26)14-30-24(33-22)32-21-6-5-17(12-28-21)15-34-9-7-27-8-10-34/h5-9,11-14H,10,15H2,1-4H3,(H,28,30,32,33). The summed E-state index contributed by atoms with van der Waals surface area (Å²) in [7, 11) is 0. The summed E-state index contributed by atoms with van der Waals surface area (Å²) in [5.74, 6) is 1.96. The van der Waals surface area contributed by atoms with E-state index in [0.29, 0.717) is 28.1 Å². The van der Waals surface area contributed by atoms with Crippen LogP contribution in [0.2, 0.25) is 5.02 Å². The van der Waals surface area contributed by atoms with Crippen LogP contribution < -0.4 is 5.32 Å². The molecule has 5 heterocycles. The molecule has 1 N–H and O–H groups in total. The number of rotatable bonds is 5. The van der Waals surface area contributed by atoms with E-state index in [9.17, 15) is 0 Å². The molecule has 9 nitrogen and oxygen atoms in total. The molecule has 4 aromatic rings. The minimum Gasteiger partial charge on any atom is -0.366 e. The number of anilines is 2. The van der Waals surface area contributed by atoms with Crippen molar-refractivity contribution in [2.24, 2.45) is 4.99 Å². The number of pyridine rings is 2. The molecule has 0 unspecified atom stereocenters. The molecule has 1 aliphatic heterocycles. The smallest absolute Gasteiger partial charge is 0.228 e. The van der Waals surface area contributed by atoms with Crippen LogP contribution >= 0.6 is 11.6 Å². The zero-order valence-corrected chi connectivity index (χ0v) is 20.8. The summed E-state index contributed by atoms with van der Waals surface area (Å²) in [6, 6.07) is 5.96. The van der Waals surface area contributed by atoms with Gasteiger partial charge in [0.1, 0.15) is 11.6 Å². The second-order valence-corrected chi connectivity index (χ2v) is 9.77. The summed E-state index contributed by atoms with van der Waals surface area (Å²) in [6.45, 7) is 9.96. The molecule has 0 amide bonds. The Labute approximate surface area is 208 Å². The lowest BCUT2D eigenvalue weighted by atomic mass is 10.1. The lowest BCUT2D eigenvalue weighted by Gasteiger charge is -2.23. The summed E-state index contributed by atoms with van der Waals surface area (Å²) >= 11 is 6.50. The molecule has 0 saturated heterocycles. The summed E-state index contributed by atoms with van der Waals surface area (Å²) in [5.41, 5.74) is 3.97. The van der Waals surface area contributed by atoms with Gasteiger partial charge in [-0.2, -0.15) is 0 Å². The fourth-order valence-corrected chi connectivity index (χ4v) is 4.35. The van der Waals surface area contributed by atoms with Crippen molar-refractivity contribution in [3.05, 3.63) is 65.6 Å². The summed E-state index contributed by atoms with van der Waals surface area (Å²) in [4.78, 5) is 28.9. The Morgan fingerprint density at radius 1 is 1.06 bits per heavy atom. The Balaban J connectivity index is 1.40. The number of aryl methyl sites for hydroxylation is 1. The van der Waals surface area contributed by atoms with E-state index in [1.165, 1.54) is 0 Å². The molecule has 178 valence electrons. The fourth-order valence-electron chi connectivity index (χ4n) is 4.15. The predicted octanol–water partition coefficient (Wildman–Crippen LogP) is 5.10. The van der Waals surface area contributed by atoms with Crippen LogP contribution in [0.25, 0.3) is 22.4 Å². The SMILES string of the molecule is Cc1nc2ncc(-c3nc(Nc4ccc(CN5C=CN=CC5)cn4)ncc3Cl)cc2n1C(C)(C)C. The number of halogens is 1. The number of hydrogen-bond donors (Lipinski definition) is 1. The fraction of sp³-hybridized carbons (Fsp3) is 0.280. The van der Waals surface area contributed by atoms with Gasteiger partial charge in [-0.05, 0) is 45.4 Å². The largest absolute Gasteiger partial charge is 0.366 e. The Hall–Kier alpha value is -3.85. The van der Waals surface area contributed by atoms with Crippen LogP contribution in [0.3, 0.4) is 0 Å². The molecule has 35 heavy (non-hydrogen) atoms. The molecule has 0 fully saturated rings. The van der Waals surface area contributed by atoms with E-state index in [1.807, 2.05) is 43.7 Å². The summed E-state index contributed by atoms with van der Waals surface area (Å²) in [5, 5.41) is 3.61.